The largest absolute Gasteiger partial charge is 0.340 e. The molecule has 3 heterocycles. The monoisotopic (exact) mass is 507 g/mol. The molecule has 2 N–H and O–H groups in total. The van der Waals surface area contributed by atoms with Crippen molar-refractivity contribution in [3.8, 4) is 11.3 Å². The fourth-order valence-electron chi connectivity index (χ4n) is 4.80. The van der Waals surface area contributed by atoms with Gasteiger partial charge >= 0.3 is 0 Å². The molecule has 1 amide bonds. The molecular weight excluding hydrogens is 476 g/mol. The molecule has 1 saturated heterocycles. The van der Waals surface area contributed by atoms with E-state index in [1.165, 1.54) is 15.7 Å². The Kier molecular flexibility index (Phi) is 5.94. The summed E-state index contributed by atoms with van der Waals surface area (Å²) in [5.41, 5.74) is 4.23. The summed E-state index contributed by atoms with van der Waals surface area (Å²) in [5, 5.41) is 0. The van der Waals surface area contributed by atoms with Crippen molar-refractivity contribution in [1.29, 1.82) is 0 Å². The summed E-state index contributed by atoms with van der Waals surface area (Å²) in [6.07, 6.45) is -0.237. The number of alkyl halides is 2. The molecule has 1 saturated carbocycles. The normalized spacial score (nSPS) is 23.9. The first-order valence-electron chi connectivity index (χ1n) is 11.7. The van der Waals surface area contributed by atoms with E-state index in [1.807, 2.05) is 24.0 Å². The van der Waals surface area contributed by atoms with Crippen LogP contribution in [-0.2, 0) is 11.3 Å². The molecule has 1 aliphatic carbocycles. The van der Waals surface area contributed by atoms with Crippen LogP contribution in [0.3, 0.4) is 0 Å². The highest BCUT2D eigenvalue weighted by atomic mass is 32.3. The molecule has 0 bridgehead atoms. The van der Waals surface area contributed by atoms with Gasteiger partial charge in [0, 0.05) is 71.1 Å². The summed E-state index contributed by atoms with van der Waals surface area (Å²) in [6.45, 7) is 7.32. The first-order valence-corrected chi connectivity index (χ1v) is 13.2. The molecule has 1 aromatic carbocycles. The van der Waals surface area contributed by atoms with Crippen LogP contribution >= 0.6 is 11.0 Å². The van der Waals surface area contributed by atoms with E-state index in [1.54, 1.807) is 13.0 Å². The number of benzene rings is 1. The third kappa shape index (κ3) is 4.46. The number of carbonyl (C=O) groups is 1. The van der Waals surface area contributed by atoms with Crippen molar-refractivity contribution >= 4 is 28.4 Å². The van der Waals surface area contributed by atoms with E-state index in [2.05, 4.69) is 17.0 Å². The number of hydrogen-bond donors (Lipinski definition) is 2. The van der Waals surface area contributed by atoms with Gasteiger partial charge in [0.1, 0.15) is 5.69 Å². The number of rotatable bonds is 5. The van der Waals surface area contributed by atoms with Gasteiger partial charge in [-0.25, -0.2) is 22.4 Å². The third-order valence-electron chi connectivity index (χ3n) is 7.23. The number of aryl methyl sites for hydroxylation is 1. The van der Waals surface area contributed by atoms with Crippen LogP contribution in [0.1, 0.15) is 24.5 Å². The van der Waals surface area contributed by atoms with E-state index in [4.69, 9.17) is 4.98 Å². The van der Waals surface area contributed by atoms with Gasteiger partial charge in [0.05, 0.1) is 5.69 Å². The number of anilines is 2. The molecule has 0 spiro atoms. The first-order chi connectivity index (χ1) is 16.5. The van der Waals surface area contributed by atoms with Crippen molar-refractivity contribution in [2.45, 2.75) is 32.7 Å². The second kappa shape index (κ2) is 8.58. The van der Waals surface area contributed by atoms with Crippen LogP contribution in [0, 0.1) is 12.8 Å². The van der Waals surface area contributed by atoms with Crippen molar-refractivity contribution < 1.29 is 22.7 Å². The minimum absolute atomic E-state index is 0.107. The van der Waals surface area contributed by atoms with Crippen molar-refractivity contribution in [3.63, 3.8) is 0 Å². The fourth-order valence-corrected chi connectivity index (χ4v) is 6.25. The lowest BCUT2D eigenvalue weighted by Crippen LogP contribution is -2.47. The van der Waals surface area contributed by atoms with Gasteiger partial charge in [-0.15, -0.1) is 0 Å². The molecule has 3 aliphatic rings. The van der Waals surface area contributed by atoms with Crippen LogP contribution in [0.5, 0.6) is 0 Å². The Morgan fingerprint density at radius 3 is 2.49 bits per heavy atom. The van der Waals surface area contributed by atoms with Crippen LogP contribution in [0.25, 0.3) is 11.3 Å². The molecule has 1 aromatic heterocycles. The number of hydrogen-bond acceptors (Lipinski definition) is 7. The smallest absolute Gasteiger partial charge is 0.253 e. The zero-order valence-electron chi connectivity index (χ0n) is 20.1. The summed E-state index contributed by atoms with van der Waals surface area (Å²) < 4.78 is 51.2. The number of halogens is 2. The predicted octanol–water partition coefficient (Wildman–Crippen LogP) is 4.21. The summed E-state index contributed by atoms with van der Waals surface area (Å²) in [5.74, 6) is -3.16. The highest BCUT2D eigenvalue weighted by Crippen LogP contribution is 2.62. The predicted molar refractivity (Wildman–Crippen MR) is 134 cm³/mol. The number of nitrogens with zero attached hydrogens (tertiary/aromatic N) is 5. The Bertz CT molecular complexity index is 1160. The Labute approximate surface area is 205 Å². The van der Waals surface area contributed by atoms with Crippen molar-refractivity contribution in [1.82, 2.24) is 14.8 Å². The van der Waals surface area contributed by atoms with Crippen LogP contribution in [0.15, 0.2) is 30.3 Å². The standard InChI is InChI=1S/C24H31F2N5O3S/c1-16-4-5-18(14-29-8-10-30(11-9-29)17(2)32)12-20(16)21-6-7-22-23(27-21)28(3)35(33,34)31(22)15-19-13-24(19,25)26/h4-7,12,19,33-34H,8-11,13-15H2,1-3H3. The minimum Gasteiger partial charge on any atom is -0.340 e. The quantitative estimate of drug-likeness (QED) is 0.627. The summed E-state index contributed by atoms with van der Waals surface area (Å²) in [7, 11) is -1.91. The summed E-state index contributed by atoms with van der Waals surface area (Å²) in [4.78, 5) is 20.5. The van der Waals surface area contributed by atoms with Gasteiger partial charge in [-0.1, -0.05) is 12.1 Å². The van der Waals surface area contributed by atoms with E-state index in [-0.39, 0.29) is 18.9 Å². The highest BCUT2D eigenvalue weighted by molar-refractivity contribution is 8.26. The topological polar surface area (TPSA) is 83.4 Å². The number of pyridine rings is 1. The highest BCUT2D eigenvalue weighted by Gasteiger charge is 2.59. The van der Waals surface area contributed by atoms with Gasteiger partial charge in [0.2, 0.25) is 5.91 Å². The zero-order valence-corrected chi connectivity index (χ0v) is 20.9. The van der Waals surface area contributed by atoms with Crippen molar-refractivity contribution in [2.75, 3.05) is 48.4 Å². The Balaban J connectivity index is 1.37. The zero-order chi connectivity index (χ0) is 25.1. The lowest BCUT2D eigenvalue weighted by Gasteiger charge is -2.41. The fraction of sp³-hybridized carbons (Fsp3) is 0.500. The molecule has 2 aliphatic heterocycles. The van der Waals surface area contributed by atoms with E-state index >= 15 is 0 Å². The molecule has 2 fully saturated rings. The average molecular weight is 508 g/mol. The van der Waals surface area contributed by atoms with Crippen LogP contribution in [0.2, 0.25) is 0 Å². The maximum absolute atomic E-state index is 13.5. The minimum atomic E-state index is -3.44. The maximum Gasteiger partial charge on any atom is 0.253 e. The SMILES string of the molecule is CC(=O)N1CCN(Cc2ccc(C)c(-c3ccc4c(n3)N(C)S(O)(O)N4CC3CC3(F)F)c2)CC1. The third-order valence-corrected chi connectivity index (χ3v) is 9.07. The van der Waals surface area contributed by atoms with E-state index in [0.717, 1.165) is 49.4 Å². The molecule has 8 nitrogen and oxygen atoms in total. The van der Waals surface area contributed by atoms with E-state index in [9.17, 15) is 22.7 Å². The van der Waals surface area contributed by atoms with Gasteiger partial charge < -0.3 is 4.90 Å². The molecule has 11 heteroatoms. The number of piperazine rings is 1. The van der Waals surface area contributed by atoms with Gasteiger partial charge in [-0.3, -0.25) is 18.8 Å². The average Bonchev–Trinajstić information content (AvgIpc) is 3.38. The second-order valence-electron chi connectivity index (χ2n) is 9.68. The lowest BCUT2D eigenvalue weighted by molar-refractivity contribution is -0.130. The van der Waals surface area contributed by atoms with Crippen LogP contribution < -0.4 is 8.61 Å². The molecule has 190 valence electrons. The summed E-state index contributed by atoms with van der Waals surface area (Å²) >= 11 is 0. The molecule has 35 heavy (non-hydrogen) atoms. The lowest BCUT2D eigenvalue weighted by atomic mass is 10.0. The molecule has 1 atom stereocenters. The van der Waals surface area contributed by atoms with Gasteiger partial charge in [0.15, 0.2) is 5.82 Å². The number of amides is 1. The number of carbonyl (C=O) groups excluding carboxylic acids is 1. The van der Waals surface area contributed by atoms with Crippen molar-refractivity contribution in [3.05, 3.63) is 41.5 Å². The van der Waals surface area contributed by atoms with E-state index < -0.39 is 22.8 Å². The molecule has 1 unspecified atom stereocenters. The Hall–Kier alpha value is -2.47. The molecule has 0 radical (unpaired) electrons. The van der Waals surface area contributed by atoms with Gasteiger partial charge in [0.25, 0.3) is 5.92 Å². The summed E-state index contributed by atoms with van der Waals surface area (Å²) in [6, 6.07) is 9.78. The second-order valence-corrected chi connectivity index (χ2v) is 11.6. The maximum atomic E-state index is 13.5. The van der Waals surface area contributed by atoms with Gasteiger partial charge in [-0.2, -0.15) is 0 Å². The van der Waals surface area contributed by atoms with E-state index in [0.29, 0.717) is 17.2 Å². The van der Waals surface area contributed by atoms with Gasteiger partial charge in [-0.05, 0) is 47.2 Å². The Morgan fingerprint density at radius 2 is 1.86 bits per heavy atom. The molecule has 5 rings (SSSR count). The Morgan fingerprint density at radius 1 is 1.17 bits per heavy atom. The van der Waals surface area contributed by atoms with Crippen LogP contribution in [0.4, 0.5) is 20.3 Å². The molecule has 2 aromatic rings. The van der Waals surface area contributed by atoms with Crippen molar-refractivity contribution in [2.24, 2.45) is 5.92 Å². The van der Waals surface area contributed by atoms with Crippen LogP contribution in [-0.4, -0.2) is 75.5 Å². The number of aromatic nitrogens is 1. The number of fused-ring (bicyclic) bond motifs is 1. The molecular formula is C24H31F2N5O3S. The first kappa shape index (κ1) is 24.2.